The predicted octanol–water partition coefficient (Wildman–Crippen LogP) is 4.70. The summed E-state index contributed by atoms with van der Waals surface area (Å²) in [6.45, 7) is -1.17. The Hall–Kier alpha value is -2.38. The van der Waals surface area contributed by atoms with Crippen molar-refractivity contribution in [3.8, 4) is 0 Å². The van der Waals surface area contributed by atoms with Gasteiger partial charge in [0.25, 0.3) is 0 Å². The number of Topliss-reactive ketones (excluding diaryl/α,β-unsaturated/α-hetero) is 1. The molecule has 0 unspecified atom stereocenters. The van der Waals surface area contributed by atoms with Crippen molar-refractivity contribution in [3.63, 3.8) is 0 Å². The van der Waals surface area contributed by atoms with Crippen LogP contribution in [-0.2, 0) is 22.7 Å². The van der Waals surface area contributed by atoms with Crippen molar-refractivity contribution in [1.29, 1.82) is 0 Å². The van der Waals surface area contributed by atoms with Crippen molar-refractivity contribution in [2.45, 2.75) is 32.2 Å². The van der Waals surface area contributed by atoms with Gasteiger partial charge in [0, 0.05) is 30.0 Å². The summed E-state index contributed by atoms with van der Waals surface area (Å²) in [4.78, 5) is 23.9. The smallest absolute Gasteiger partial charge is 0.367 e. The summed E-state index contributed by atoms with van der Waals surface area (Å²) in [5, 5.41) is 3.24. The highest BCUT2D eigenvalue weighted by Gasteiger charge is 2.27. The quantitative estimate of drug-likeness (QED) is 0.606. The lowest BCUT2D eigenvalue weighted by molar-refractivity contribution is -0.176. The molecule has 28 heavy (non-hydrogen) atoms. The first kappa shape index (κ1) is 21.9. The molecule has 0 bridgehead atoms. The molecule has 0 aliphatic rings. The zero-order valence-electron chi connectivity index (χ0n) is 14.9. The van der Waals surface area contributed by atoms with Crippen LogP contribution in [0.15, 0.2) is 48.5 Å². The number of halogens is 4. The number of benzene rings is 2. The molecule has 1 amide bonds. The van der Waals surface area contributed by atoms with Gasteiger partial charge in [0.05, 0.1) is 6.61 Å². The lowest BCUT2D eigenvalue weighted by Gasteiger charge is -2.09. The van der Waals surface area contributed by atoms with Crippen molar-refractivity contribution in [2.24, 2.45) is 0 Å². The predicted molar refractivity (Wildman–Crippen MR) is 99.0 cm³/mol. The SMILES string of the molecule is O=C(CCC(=O)c1ccc(Cl)cc1)NCc1ccc(COCC(F)(F)F)cc1. The first-order valence-electron chi connectivity index (χ1n) is 8.51. The molecular weight excluding hydrogens is 395 g/mol. The van der Waals surface area contributed by atoms with Gasteiger partial charge < -0.3 is 10.1 Å². The van der Waals surface area contributed by atoms with Gasteiger partial charge in [-0.1, -0.05) is 35.9 Å². The van der Waals surface area contributed by atoms with Crippen LogP contribution in [0, 0.1) is 0 Å². The van der Waals surface area contributed by atoms with Crippen LogP contribution in [0.2, 0.25) is 5.02 Å². The van der Waals surface area contributed by atoms with E-state index in [-0.39, 0.29) is 37.7 Å². The molecule has 8 heteroatoms. The Morgan fingerprint density at radius 1 is 0.929 bits per heavy atom. The van der Waals surface area contributed by atoms with Crippen molar-refractivity contribution in [2.75, 3.05) is 6.61 Å². The Balaban J connectivity index is 1.70. The number of nitrogens with one attached hydrogen (secondary N) is 1. The van der Waals surface area contributed by atoms with E-state index >= 15 is 0 Å². The highest BCUT2D eigenvalue weighted by Crippen LogP contribution is 2.16. The fraction of sp³-hybridized carbons (Fsp3) is 0.300. The molecule has 2 rings (SSSR count). The van der Waals surface area contributed by atoms with E-state index in [9.17, 15) is 22.8 Å². The second-order valence-electron chi connectivity index (χ2n) is 6.13. The van der Waals surface area contributed by atoms with E-state index in [1.54, 1.807) is 48.5 Å². The van der Waals surface area contributed by atoms with Gasteiger partial charge in [-0.3, -0.25) is 9.59 Å². The fourth-order valence-corrected chi connectivity index (χ4v) is 2.46. The van der Waals surface area contributed by atoms with Crippen LogP contribution in [0.3, 0.4) is 0 Å². The number of hydrogen-bond acceptors (Lipinski definition) is 3. The minimum absolute atomic E-state index is 0.0603. The molecule has 0 radical (unpaired) electrons. The molecular formula is C20H19ClF3NO3. The largest absolute Gasteiger partial charge is 0.411 e. The number of ether oxygens (including phenoxy) is 1. The van der Waals surface area contributed by atoms with Crippen LogP contribution in [0.25, 0.3) is 0 Å². The summed E-state index contributed by atoms with van der Waals surface area (Å²) in [5.41, 5.74) is 1.89. The van der Waals surface area contributed by atoms with E-state index in [0.29, 0.717) is 16.1 Å². The van der Waals surface area contributed by atoms with Crippen molar-refractivity contribution in [1.82, 2.24) is 5.32 Å². The maximum atomic E-state index is 12.0. The Morgan fingerprint density at radius 2 is 1.54 bits per heavy atom. The third kappa shape index (κ3) is 8.10. The number of carbonyl (C=O) groups is 2. The Labute approximate surface area is 165 Å². The van der Waals surface area contributed by atoms with E-state index in [0.717, 1.165) is 5.56 Å². The summed E-state index contributed by atoms with van der Waals surface area (Å²) in [7, 11) is 0. The summed E-state index contributed by atoms with van der Waals surface area (Å²) in [6.07, 6.45) is -4.20. The minimum atomic E-state index is -4.35. The monoisotopic (exact) mass is 413 g/mol. The normalized spacial score (nSPS) is 11.3. The molecule has 0 fully saturated rings. The minimum Gasteiger partial charge on any atom is -0.367 e. The molecule has 0 aliphatic heterocycles. The highest BCUT2D eigenvalue weighted by atomic mass is 35.5. The van der Waals surface area contributed by atoms with Gasteiger partial charge in [0.1, 0.15) is 6.61 Å². The van der Waals surface area contributed by atoms with E-state index < -0.39 is 12.8 Å². The Morgan fingerprint density at radius 3 is 2.14 bits per heavy atom. The molecule has 0 aliphatic carbocycles. The molecule has 150 valence electrons. The van der Waals surface area contributed by atoms with Crippen LogP contribution in [-0.4, -0.2) is 24.5 Å². The zero-order valence-corrected chi connectivity index (χ0v) is 15.6. The standard InChI is InChI=1S/C20H19ClF3NO3/c21-17-7-5-16(6-8-17)18(26)9-10-19(27)25-11-14-1-3-15(4-2-14)12-28-13-20(22,23)24/h1-8H,9-13H2,(H,25,27). The molecule has 0 atom stereocenters. The summed E-state index contributed by atoms with van der Waals surface area (Å²) < 4.78 is 40.7. The first-order valence-corrected chi connectivity index (χ1v) is 8.88. The average molecular weight is 414 g/mol. The first-order chi connectivity index (χ1) is 13.2. The van der Waals surface area contributed by atoms with Crippen LogP contribution < -0.4 is 5.32 Å². The van der Waals surface area contributed by atoms with Gasteiger partial charge in [-0.2, -0.15) is 13.2 Å². The second kappa shape index (κ2) is 10.2. The highest BCUT2D eigenvalue weighted by molar-refractivity contribution is 6.30. The van der Waals surface area contributed by atoms with Gasteiger partial charge in [-0.05, 0) is 35.4 Å². The van der Waals surface area contributed by atoms with E-state index in [4.69, 9.17) is 11.6 Å². The van der Waals surface area contributed by atoms with Crippen molar-refractivity contribution < 1.29 is 27.5 Å². The number of amides is 1. The summed E-state index contributed by atoms with van der Waals surface area (Å²) >= 11 is 5.77. The lowest BCUT2D eigenvalue weighted by Crippen LogP contribution is -2.23. The van der Waals surface area contributed by atoms with Crippen LogP contribution >= 0.6 is 11.6 Å². The van der Waals surface area contributed by atoms with E-state index in [1.807, 2.05) is 0 Å². The molecule has 0 spiro atoms. The maximum absolute atomic E-state index is 12.0. The molecule has 0 heterocycles. The summed E-state index contributed by atoms with van der Waals surface area (Å²) in [6, 6.07) is 13.1. The van der Waals surface area contributed by atoms with Crippen LogP contribution in [0.5, 0.6) is 0 Å². The van der Waals surface area contributed by atoms with Crippen LogP contribution in [0.1, 0.15) is 34.3 Å². The number of alkyl halides is 3. The molecule has 0 saturated heterocycles. The molecule has 4 nitrogen and oxygen atoms in total. The van der Waals surface area contributed by atoms with Crippen LogP contribution in [0.4, 0.5) is 13.2 Å². The Kier molecular flexibility index (Phi) is 8.02. The fourth-order valence-electron chi connectivity index (χ4n) is 2.33. The van der Waals surface area contributed by atoms with Gasteiger partial charge in [-0.25, -0.2) is 0 Å². The van der Waals surface area contributed by atoms with E-state index in [1.165, 1.54) is 0 Å². The molecule has 2 aromatic rings. The van der Waals surface area contributed by atoms with Crippen molar-refractivity contribution >= 4 is 23.3 Å². The third-order valence-corrected chi connectivity index (χ3v) is 4.04. The van der Waals surface area contributed by atoms with Gasteiger partial charge in [0.2, 0.25) is 5.91 Å². The number of hydrogen-bond donors (Lipinski definition) is 1. The molecule has 0 saturated carbocycles. The molecule has 0 aromatic heterocycles. The number of ketones is 1. The summed E-state index contributed by atoms with van der Waals surface area (Å²) in [5.74, 6) is -0.407. The molecule has 2 aromatic carbocycles. The number of rotatable bonds is 9. The van der Waals surface area contributed by atoms with Gasteiger partial charge in [-0.15, -0.1) is 0 Å². The second-order valence-corrected chi connectivity index (χ2v) is 6.57. The van der Waals surface area contributed by atoms with Crippen molar-refractivity contribution in [3.05, 3.63) is 70.2 Å². The molecule has 1 N–H and O–H groups in total. The topological polar surface area (TPSA) is 55.4 Å². The van der Waals surface area contributed by atoms with Gasteiger partial charge >= 0.3 is 6.18 Å². The lowest BCUT2D eigenvalue weighted by atomic mass is 10.1. The maximum Gasteiger partial charge on any atom is 0.411 e. The average Bonchev–Trinajstić information content (AvgIpc) is 2.65. The number of carbonyl (C=O) groups excluding carboxylic acids is 2. The van der Waals surface area contributed by atoms with Gasteiger partial charge in [0.15, 0.2) is 5.78 Å². The van der Waals surface area contributed by atoms with E-state index in [2.05, 4.69) is 10.1 Å². The third-order valence-electron chi connectivity index (χ3n) is 3.79. The zero-order chi connectivity index (χ0) is 20.6. The Bertz CT molecular complexity index is 790.